The quantitative estimate of drug-likeness (QED) is 0.836. The first-order valence-electron chi connectivity index (χ1n) is 5.03. The Kier molecular flexibility index (Phi) is 3.77. The smallest absolute Gasteiger partial charge is 0.0481 e. The molecule has 1 aromatic carbocycles. The molecule has 0 amide bonds. The lowest BCUT2D eigenvalue weighted by atomic mass is 10.1. The number of aryl methyl sites for hydroxylation is 1. The van der Waals surface area contributed by atoms with Gasteiger partial charge in [-0.3, -0.25) is 0 Å². The molecule has 1 aromatic heterocycles. The maximum atomic E-state index is 6.06. The van der Waals surface area contributed by atoms with Gasteiger partial charge in [-0.1, -0.05) is 25.1 Å². The van der Waals surface area contributed by atoms with Crippen molar-refractivity contribution < 1.29 is 0 Å². The summed E-state index contributed by atoms with van der Waals surface area (Å²) in [5.41, 5.74) is 8.57. The Bertz CT molecular complexity index is 448. The minimum atomic E-state index is 0. The van der Waals surface area contributed by atoms with Crippen molar-refractivity contribution in [1.29, 1.82) is 0 Å². The maximum absolute atomic E-state index is 6.06. The van der Waals surface area contributed by atoms with Gasteiger partial charge in [0.2, 0.25) is 0 Å². The average molecular weight is 225 g/mol. The van der Waals surface area contributed by atoms with Gasteiger partial charge in [0.25, 0.3) is 0 Å². The molecule has 0 spiro atoms. The van der Waals surface area contributed by atoms with Crippen LogP contribution in [0.25, 0.3) is 10.9 Å². The SMILES string of the molecule is CCC(N)c1cn(C)c2ccccc12.Cl. The van der Waals surface area contributed by atoms with Gasteiger partial charge >= 0.3 is 0 Å². The zero-order valence-electron chi connectivity index (χ0n) is 9.10. The second-order valence-electron chi connectivity index (χ2n) is 3.73. The normalized spacial score (nSPS) is 12.5. The Balaban J connectivity index is 0.00000112. The van der Waals surface area contributed by atoms with Crippen molar-refractivity contribution >= 4 is 23.3 Å². The fourth-order valence-electron chi connectivity index (χ4n) is 1.89. The molecule has 2 aromatic rings. The number of hydrogen-bond acceptors (Lipinski definition) is 1. The van der Waals surface area contributed by atoms with E-state index in [1.165, 1.54) is 16.5 Å². The number of hydrogen-bond donors (Lipinski definition) is 1. The van der Waals surface area contributed by atoms with Crippen LogP contribution in [-0.2, 0) is 7.05 Å². The third-order valence-corrected chi connectivity index (χ3v) is 2.77. The second-order valence-corrected chi connectivity index (χ2v) is 3.73. The van der Waals surface area contributed by atoms with Crippen LogP contribution in [0.2, 0.25) is 0 Å². The largest absolute Gasteiger partial charge is 0.350 e. The molecule has 1 unspecified atom stereocenters. The summed E-state index contributed by atoms with van der Waals surface area (Å²) in [5.74, 6) is 0. The number of halogens is 1. The van der Waals surface area contributed by atoms with E-state index in [-0.39, 0.29) is 18.4 Å². The van der Waals surface area contributed by atoms with Crippen LogP contribution in [-0.4, -0.2) is 4.57 Å². The summed E-state index contributed by atoms with van der Waals surface area (Å²) in [6.45, 7) is 2.12. The van der Waals surface area contributed by atoms with Crippen LogP contribution in [0.3, 0.4) is 0 Å². The number of nitrogens with two attached hydrogens (primary N) is 1. The number of rotatable bonds is 2. The van der Waals surface area contributed by atoms with Gasteiger partial charge in [-0.2, -0.15) is 0 Å². The standard InChI is InChI=1S/C12H16N2.ClH/c1-3-11(13)10-8-14(2)12-7-5-4-6-9(10)12;/h4-8,11H,3,13H2,1-2H3;1H. The average Bonchev–Trinajstić information content (AvgIpc) is 2.56. The van der Waals surface area contributed by atoms with E-state index in [1.807, 2.05) is 0 Å². The third kappa shape index (κ3) is 2.01. The van der Waals surface area contributed by atoms with E-state index in [0.717, 1.165) is 6.42 Å². The Morgan fingerprint density at radius 2 is 2.00 bits per heavy atom. The molecule has 0 bridgehead atoms. The van der Waals surface area contributed by atoms with Gasteiger partial charge in [0, 0.05) is 30.2 Å². The number of benzene rings is 1. The topological polar surface area (TPSA) is 30.9 Å². The van der Waals surface area contributed by atoms with Crippen molar-refractivity contribution in [3.8, 4) is 0 Å². The molecule has 0 aliphatic rings. The molecular formula is C12H17ClN2. The van der Waals surface area contributed by atoms with Crippen LogP contribution in [0.15, 0.2) is 30.5 Å². The summed E-state index contributed by atoms with van der Waals surface area (Å²) in [6.07, 6.45) is 3.12. The van der Waals surface area contributed by atoms with Crippen LogP contribution in [0.4, 0.5) is 0 Å². The zero-order valence-corrected chi connectivity index (χ0v) is 9.92. The van der Waals surface area contributed by atoms with Crippen LogP contribution in [0, 0.1) is 0 Å². The van der Waals surface area contributed by atoms with E-state index in [2.05, 4.69) is 49.0 Å². The van der Waals surface area contributed by atoms with E-state index in [9.17, 15) is 0 Å². The first-order valence-corrected chi connectivity index (χ1v) is 5.03. The van der Waals surface area contributed by atoms with Gasteiger partial charge in [0.05, 0.1) is 0 Å². The zero-order chi connectivity index (χ0) is 10.1. The van der Waals surface area contributed by atoms with E-state index in [4.69, 9.17) is 5.73 Å². The van der Waals surface area contributed by atoms with Crippen LogP contribution >= 0.6 is 12.4 Å². The molecular weight excluding hydrogens is 208 g/mol. The Hall–Kier alpha value is -0.990. The molecule has 0 saturated carbocycles. The van der Waals surface area contributed by atoms with Crippen molar-refractivity contribution in [1.82, 2.24) is 4.57 Å². The highest BCUT2D eigenvalue weighted by atomic mass is 35.5. The molecule has 0 saturated heterocycles. The molecule has 2 N–H and O–H groups in total. The Morgan fingerprint density at radius 3 is 2.67 bits per heavy atom. The number of fused-ring (bicyclic) bond motifs is 1. The van der Waals surface area contributed by atoms with Gasteiger partial charge in [-0.25, -0.2) is 0 Å². The molecule has 0 radical (unpaired) electrons. The van der Waals surface area contributed by atoms with Gasteiger partial charge in [-0.15, -0.1) is 12.4 Å². The lowest BCUT2D eigenvalue weighted by molar-refractivity contribution is 0.700. The summed E-state index contributed by atoms with van der Waals surface area (Å²) in [7, 11) is 2.06. The number of aromatic nitrogens is 1. The molecule has 1 atom stereocenters. The van der Waals surface area contributed by atoms with Gasteiger partial charge < -0.3 is 10.3 Å². The summed E-state index contributed by atoms with van der Waals surface area (Å²) in [5, 5.41) is 1.28. The summed E-state index contributed by atoms with van der Waals surface area (Å²) < 4.78 is 2.14. The van der Waals surface area contributed by atoms with E-state index < -0.39 is 0 Å². The summed E-state index contributed by atoms with van der Waals surface area (Å²) in [6, 6.07) is 8.54. The molecule has 2 rings (SSSR count). The molecule has 15 heavy (non-hydrogen) atoms. The molecule has 0 fully saturated rings. The summed E-state index contributed by atoms with van der Waals surface area (Å²) >= 11 is 0. The van der Waals surface area contributed by atoms with Crippen molar-refractivity contribution in [2.75, 3.05) is 0 Å². The minimum Gasteiger partial charge on any atom is -0.350 e. The highest BCUT2D eigenvalue weighted by molar-refractivity contribution is 5.85. The number of nitrogens with zero attached hydrogens (tertiary/aromatic N) is 1. The fraction of sp³-hybridized carbons (Fsp3) is 0.333. The maximum Gasteiger partial charge on any atom is 0.0481 e. The Labute approximate surface area is 96.5 Å². The van der Waals surface area contributed by atoms with Crippen molar-refractivity contribution in [2.45, 2.75) is 19.4 Å². The molecule has 2 nitrogen and oxygen atoms in total. The van der Waals surface area contributed by atoms with E-state index >= 15 is 0 Å². The van der Waals surface area contributed by atoms with Crippen LogP contribution < -0.4 is 5.73 Å². The van der Waals surface area contributed by atoms with E-state index in [1.54, 1.807) is 0 Å². The molecule has 0 aliphatic heterocycles. The first-order chi connectivity index (χ1) is 6.74. The predicted octanol–water partition coefficient (Wildman–Crippen LogP) is 3.01. The monoisotopic (exact) mass is 224 g/mol. The highest BCUT2D eigenvalue weighted by Gasteiger charge is 2.10. The molecule has 0 aliphatic carbocycles. The van der Waals surface area contributed by atoms with E-state index in [0.29, 0.717) is 0 Å². The van der Waals surface area contributed by atoms with Crippen molar-refractivity contribution in [3.05, 3.63) is 36.0 Å². The third-order valence-electron chi connectivity index (χ3n) is 2.77. The highest BCUT2D eigenvalue weighted by Crippen LogP contribution is 2.25. The second kappa shape index (κ2) is 4.69. The summed E-state index contributed by atoms with van der Waals surface area (Å²) in [4.78, 5) is 0. The predicted molar refractivity (Wildman–Crippen MR) is 67.4 cm³/mol. The first kappa shape index (κ1) is 12.1. The molecule has 82 valence electrons. The minimum absolute atomic E-state index is 0. The molecule has 1 heterocycles. The molecule has 3 heteroatoms. The van der Waals surface area contributed by atoms with Crippen molar-refractivity contribution in [2.24, 2.45) is 12.8 Å². The lowest BCUT2D eigenvalue weighted by Crippen LogP contribution is -2.07. The van der Waals surface area contributed by atoms with Gasteiger partial charge in [0.15, 0.2) is 0 Å². The fourth-order valence-corrected chi connectivity index (χ4v) is 1.89. The van der Waals surface area contributed by atoms with Crippen LogP contribution in [0.1, 0.15) is 24.9 Å². The van der Waals surface area contributed by atoms with Crippen LogP contribution in [0.5, 0.6) is 0 Å². The van der Waals surface area contributed by atoms with Gasteiger partial charge in [-0.05, 0) is 18.1 Å². The van der Waals surface area contributed by atoms with Crippen molar-refractivity contribution in [3.63, 3.8) is 0 Å². The lowest BCUT2D eigenvalue weighted by Gasteiger charge is -2.06. The van der Waals surface area contributed by atoms with Gasteiger partial charge in [0.1, 0.15) is 0 Å². The Morgan fingerprint density at radius 1 is 1.33 bits per heavy atom. The number of para-hydroxylation sites is 1.